The molecule has 1 atom stereocenters. The van der Waals surface area contributed by atoms with Crippen LogP contribution in [0.2, 0.25) is 0 Å². The second-order valence-electron chi connectivity index (χ2n) is 6.40. The lowest BCUT2D eigenvalue weighted by Gasteiger charge is -2.45. The fourth-order valence-electron chi connectivity index (χ4n) is 3.63. The minimum atomic E-state index is 0.595. The number of nitrogens with zero attached hydrogens (tertiary/aromatic N) is 2. The molecule has 0 saturated carbocycles. The molecule has 0 radical (unpaired) electrons. The van der Waals surface area contributed by atoms with Crippen molar-refractivity contribution in [2.24, 2.45) is 0 Å². The third-order valence-corrected chi connectivity index (χ3v) is 5.23. The summed E-state index contributed by atoms with van der Waals surface area (Å²) in [6, 6.07) is 10.7. The molecule has 2 aliphatic rings. The molecule has 2 aliphatic heterocycles. The Bertz CT molecular complexity index is 430. The van der Waals surface area contributed by atoms with Crippen molar-refractivity contribution < 1.29 is 0 Å². The lowest BCUT2D eigenvalue weighted by atomic mass is 9.99. The molecule has 1 aromatic rings. The highest BCUT2D eigenvalue weighted by Gasteiger charge is 2.30. The van der Waals surface area contributed by atoms with Crippen molar-refractivity contribution in [3.63, 3.8) is 0 Å². The lowest BCUT2D eigenvalue weighted by Crippen LogP contribution is -2.61. The monoisotopic (exact) mass is 287 g/mol. The van der Waals surface area contributed by atoms with Crippen molar-refractivity contribution in [1.82, 2.24) is 15.1 Å². The lowest BCUT2D eigenvalue weighted by molar-refractivity contribution is 0.0502. The van der Waals surface area contributed by atoms with E-state index in [4.69, 9.17) is 0 Å². The number of rotatable bonds is 5. The maximum absolute atomic E-state index is 3.39. The second-order valence-corrected chi connectivity index (χ2v) is 6.40. The Morgan fingerprint density at radius 1 is 1.05 bits per heavy atom. The summed E-state index contributed by atoms with van der Waals surface area (Å²) in [4.78, 5) is 5.35. The van der Waals surface area contributed by atoms with Crippen molar-refractivity contribution in [3.05, 3.63) is 35.4 Å². The van der Waals surface area contributed by atoms with E-state index >= 15 is 0 Å². The van der Waals surface area contributed by atoms with E-state index in [9.17, 15) is 0 Å². The van der Waals surface area contributed by atoms with Gasteiger partial charge < -0.3 is 5.32 Å². The Balaban J connectivity index is 1.60. The SMILES string of the molecule is CCc1ccc(C(CC)N2CCN(C3CNC3)CC2)cc1. The van der Waals surface area contributed by atoms with E-state index in [0.717, 1.165) is 12.5 Å². The molecule has 2 fully saturated rings. The van der Waals surface area contributed by atoms with Crippen LogP contribution >= 0.6 is 0 Å². The van der Waals surface area contributed by atoms with Crippen molar-refractivity contribution in [2.45, 2.75) is 38.8 Å². The standard InChI is InChI=1S/C18H29N3/c1-3-15-5-7-16(8-6-15)18(4-2)21-11-9-20(10-12-21)17-13-19-14-17/h5-8,17-19H,3-4,9-14H2,1-2H3. The van der Waals surface area contributed by atoms with Crippen LogP contribution in [0.15, 0.2) is 24.3 Å². The predicted octanol–water partition coefficient (Wildman–Crippen LogP) is 2.29. The summed E-state index contributed by atoms with van der Waals surface area (Å²) in [5.41, 5.74) is 2.93. The van der Waals surface area contributed by atoms with Gasteiger partial charge in [0.05, 0.1) is 0 Å². The van der Waals surface area contributed by atoms with E-state index in [1.807, 2.05) is 0 Å². The number of aryl methyl sites for hydroxylation is 1. The van der Waals surface area contributed by atoms with Crippen molar-refractivity contribution in [3.8, 4) is 0 Å². The van der Waals surface area contributed by atoms with Gasteiger partial charge in [0.15, 0.2) is 0 Å². The fourth-order valence-corrected chi connectivity index (χ4v) is 3.63. The predicted molar refractivity (Wildman–Crippen MR) is 88.7 cm³/mol. The minimum absolute atomic E-state index is 0.595. The number of nitrogens with one attached hydrogen (secondary N) is 1. The number of benzene rings is 1. The highest BCUT2D eigenvalue weighted by atomic mass is 15.3. The van der Waals surface area contributed by atoms with Gasteiger partial charge in [0.25, 0.3) is 0 Å². The van der Waals surface area contributed by atoms with Crippen molar-refractivity contribution in [2.75, 3.05) is 39.3 Å². The molecule has 0 spiro atoms. The summed E-state index contributed by atoms with van der Waals surface area (Å²) < 4.78 is 0. The molecule has 2 saturated heterocycles. The maximum atomic E-state index is 3.39. The van der Waals surface area contributed by atoms with Crippen LogP contribution in [0.25, 0.3) is 0 Å². The quantitative estimate of drug-likeness (QED) is 0.896. The van der Waals surface area contributed by atoms with E-state index < -0.39 is 0 Å². The molecular weight excluding hydrogens is 258 g/mol. The molecule has 0 aromatic heterocycles. The van der Waals surface area contributed by atoms with Crippen molar-refractivity contribution >= 4 is 0 Å². The Hall–Kier alpha value is -0.900. The number of hydrogen-bond donors (Lipinski definition) is 1. The van der Waals surface area contributed by atoms with E-state index in [0.29, 0.717) is 6.04 Å². The van der Waals surface area contributed by atoms with Gasteiger partial charge in [-0.3, -0.25) is 9.80 Å². The molecule has 0 aliphatic carbocycles. The highest BCUT2D eigenvalue weighted by molar-refractivity contribution is 5.25. The first-order valence-corrected chi connectivity index (χ1v) is 8.59. The van der Waals surface area contributed by atoms with Gasteiger partial charge in [-0.25, -0.2) is 0 Å². The molecule has 2 heterocycles. The van der Waals surface area contributed by atoms with Crippen LogP contribution in [-0.2, 0) is 6.42 Å². The average Bonchev–Trinajstić information content (AvgIpc) is 2.49. The van der Waals surface area contributed by atoms with Gasteiger partial charge in [-0.05, 0) is 24.0 Å². The normalized spacial score (nSPS) is 23.0. The zero-order valence-electron chi connectivity index (χ0n) is 13.5. The molecule has 0 amide bonds. The van der Waals surface area contributed by atoms with Crippen LogP contribution in [-0.4, -0.2) is 55.1 Å². The van der Waals surface area contributed by atoms with Crippen LogP contribution in [0.4, 0.5) is 0 Å². The summed E-state index contributed by atoms with van der Waals surface area (Å²) in [6.07, 6.45) is 2.33. The third-order valence-electron chi connectivity index (χ3n) is 5.23. The van der Waals surface area contributed by atoms with Gasteiger partial charge >= 0.3 is 0 Å². The van der Waals surface area contributed by atoms with Crippen LogP contribution in [0.3, 0.4) is 0 Å². The Kier molecular flexibility index (Phi) is 4.94. The first-order valence-electron chi connectivity index (χ1n) is 8.59. The summed E-state index contributed by atoms with van der Waals surface area (Å²) in [5, 5.41) is 3.39. The third kappa shape index (κ3) is 3.31. The maximum Gasteiger partial charge on any atom is 0.0346 e. The van der Waals surface area contributed by atoms with Gasteiger partial charge in [-0.1, -0.05) is 38.1 Å². The van der Waals surface area contributed by atoms with E-state index in [-0.39, 0.29) is 0 Å². The second kappa shape index (κ2) is 6.91. The summed E-state index contributed by atoms with van der Waals surface area (Å²) in [7, 11) is 0. The molecule has 3 rings (SSSR count). The number of piperazine rings is 1. The smallest absolute Gasteiger partial charge is 0.0346 e. The Morgan fingerprint density at radius 2 is 1.71 bits per heavy atom. The van der Waals surface area contributed by atoms with Gasteiger partial charge in [0.1, 0.15) is 0 Å². The van der Waals surface area contributed by atoms with Gasteiger partial charge in [0, 0.05) is 51.4 Å². The molecule has 0 bridgehead atoms. The minimum Gasteiger partial charge on any atom is -0.314 e. The molecule has 1 unspecified atom stereocenters. The highest BCUT2D eigenvalue weighted by Crippen LogP contribution is 2.26. The Morgan fingerprint density at radius 3 is 2.19 bits per heavy atom. The van der Waals surface area contributed by atoms with Crippen molar-refractivity contribution in [1.29, 1.82) is 0 Å². The zero-order valence-corrected chi connectivity index (χ0v) is 13.5. The summed E-state index contributed by atoms with van der Waals surface area (Å²) in [5.74, 6) is 0. The van der Waals surface area contributed by atoms with Crippen LogP contribution < -0.4 is 5.32 Å². The Labute approximate surface area is 129 Å². The first-order chi connectivity index (χ1) is 10.3. The molecular formula is C18H29N3. The van der Waals surface area contributed by atoms with Gasteiger partial charge in [-0.2, -0.15) is 0 Å². The fraction of sp³-hybridized carbons (Fsp3) is 0.667. The zero-order chi connectivity index (χ0) is 14.7. The molecule has 1 N–H and O–H groups in total. The van der Waals surface area contributed by atoms with Gasteiger partial charge in [0.2, 0.25) is 0 Å². The van der Waals surface area contributed by atoms with Crippen LogP contribution in [0.1, 0.15) is 37.4 Å². The summed E-state index contributed by atoms with van der Waals surface area (Å²) in [6.45, 7) is 11.8. The topological polar surface area (TPSA) is 18.5 Å². The molecule has 21 heavy (non-hydrogen) atoms. The van der Waals surface area contributed by atoms with E-state index in [2.05, 4.69) is 53.2 Å². The molecule has 1 aromatic carbocycles. The molecule has 116 valence electrons. The summed E-state index contributed by atoms with van der Waals surface area (Å²) >= 11 is 0. The first kappa shape index (κ1) is 15.0. The largest absolute Gasteiger partial charge is 0.314 e. The van der Waals surface area contributed by atoms with Crippen LogP contribution in [0.5, 0.6) is 0 Å². The molecule has 3 nitrogen and oxygen atoms in total. The number of hydrogen-bond acceptors (Lipinski definition) is 3. The van der Waals surface area contributed by atoms with E-state index in [1.54, 1.807) is 0 Å². The molecule has 3 heteroatoms. The van der Waals surface area contributed by atoms with E-state index in [1.165, 1.54) is 56.8 Å². The van der Waals surface area contributed by atoms with Crippen LogP contribution in [0, 0.1) is 0 Å². The average molecular weight is 287 g/mol. The van der Waals surface area contributed by atoms with Gasteiger partial charge in [-0.15, -0.1) is 0 Å².